The van der Waals surface area contributed by atoms with Crippen LogP contribution in [0.15, 0.2) is 12.1 Å². The number of hydrogen-bond acceptors (Lipinski definition) is 3. The third kappa shape index (κ3) is 3.34. The van der Waals surface area contributed by atoms with Crippen LogP contribution in [0.3, 0.4) is 0 Å². The van der Waals surface area contributed by atoms with Gasteiger partial charge in [-0.3, -0.25) is 9.78 Å². The lowest BCUT2D eigenvalue weighted by Crippen LogP contribution is -2.22. The maximum Gasteiger partial charge on any atom is 0.335 e. The molecular formula is C11H14N2O3. The number of rotatable bonds is 4. The van der Waals surface area contributed by atoms with Gasteiger partial charge in [0, 0.05) is 12.1 Å². The normalized spacial score (nSPS) is 9.88. The van der Waals surface area contributed by atoms with Crippen LogP contribution in [-0.4, -0.2) is 22.0 Å². The lowest BCUT2D eigenvalue weighted by molar-refractivity contribution is -0.120. The van der Waals surface area contributed by atoms with Gasteiger partial charge in [-0.15, -0.1) is 0 Å². The smallest absolute Gasteiger partial charge is 0.335 e. The number of nitrogens with zero attached hydrogens (tertiary/aromatic N) is 1. The summed E-state index contributed by atoms with van der Waals surface area (Å²) in [6.07, 6.45) is 0.400. The molecule has 16 heavy (non-hydrogen) atoms. The maximum atomic E-state index is 11.0. The molecule has 0 spiro atoms. The second-order valence-corrected chi connectivity index (χ2v) is 3.42. The minimum atomic E-state index is -0.992. The fraction of sp³-hybridized carbons (Fsp3) is 0.364. The summed E-state index contributed by atoms with van der Waals surface area (Å²) in [5.74, 6) is -1.08. The SMILES string of the molecule is CCC(=O)NCc1cc(C(=O)O)cc(C)n1. The average Bonchev–Trinajstić information content (AvgIpc) is 2.25. The number of carboxylic acids is 1. The Morgan fingerprint density at radius 2 is 2.12 bits per heavy atom. The molecule has 0 aliphatic heterocycles. The van der Waals surface area contributed by atoms with Gasteiger partial charge >= 0.3 is 5.97 Å². The van der Waals surface area contributed by atoms with Gasteiger partial charge in [-0.2, -0.15) is 0 Å². The molecule has 0 atom stereocenters. The molecule has 0 saturated carbocycles. The molecule has 1 rings (SSSR count). The Morgan fingerprint density at radius 1 is 1.44 bits per heavy atom. The molecule has 1 aromatic heterocycles. The van der Waals surface area contributed by atoms with Crippen LogP contribution in [0.2, 0.25) is 0 Å². The molecule has 1 heterocycles. The van der Waals surface area contributed by atoms with Crippen molar-refractivity contribution in [1.29, 1.82) is 0 Å². The Morgan fingerprint density at radius 3 is 2.69 bits per heavy atom. The largest absolute Gasteiger partial charge is 0.478 e. The van der Waals surface area contributed by atoms with Crippen molar-refractivity contribution in [1.82, 2.24) is 10.3 Å². The number of carboxylic acid groups (broad SMARTS) is 1. The lowest BCUT2D eigenvalue weighted by atomic mass is 10.2. The van der Waals surface area contributed by atoms with Crippen LogP contribution in [0.4, 0.5) is 0 Å². The van der Waals surface area contributed by atoms with Crippen LogP contribution < -0.4 is 5.32 Å². The minimum Gasteiger partial charge on any atom is -0.478 e. The molecule has 0 radical (unpaired) electrons. The first kappa shape index (κ1) is 12.2. The zero-order chi connectivity index (χ0) is 12.1. The quantitative estimate of drug-likeness (QED) is 0.799. The Kier molecular flexibility index (Phi) is 3.99. The third-order valence-corrected chi connectivity index (χ3v) is 2.04. The highest BCUT2D eigenvalue weighted by molar-refractivity contribution is 5.87. The highest BCUT2D eigenvalue weighted by Gasteiger charge is 2.07. The van der Waals surface area contributed by atoms with E-state index in [2.05, 4.69) is 10.3 Å². The predicted molar refractivity (Wildman–Crippen MR) is 58.1 cm³/mol. The van der Waals surface area contributed by atoms with E-state index in [1.807, 2.05) is 0 Å². The zero-order valence-electron chi connectivity index (χ0n) is 9.28. The van der Waals surface area contributed by atoms with E-state index < -0.39 is 5.97 Å². The average molecular weight is 222 g/mol. The van der Waals surface area contributed by atoms with E-state index in [1.165, 1.54) is 12.1 Å². The van der Waals surface area contributed by atoms with Gasteiger partial charge in [-0.05, 0) is 19.1 Å². The number of hydrogen-bond donors (Lipinski definition) is 2. The lowest BCUT2D eigenvalue weighted by Gasteiger charge is -2.05. The molecule has 0 saturated heterocycles. The summed E-state index contributed by atoms with van der Waals surface area (Å²) < 4.78 is 0. The maximum absolute atomic E-state index is 11.0. The molecule has 0 aliphatic rings. The van der Waals surface area contributed by atoms with Crippen LogP contribution in [0.25, 0.3) is 0 Å². The van der Waals surface area contributed by atoms with Crippen molar-refractivity contribution in [3.8, 4) is 0 Å². The Labute approximate surface area is 93.5 Å². The summed E-state index contributed by atoms with van der Waals surface area (Å²) >= 11 is 0. The molecule has 0 bridgehead atoms. The second kappa shape index (κ2) is 5.25. The molecule has 0 aromatic carbocycles. The molecule has 0 aliphatic carbocycles. The van der Waals surface area contributed by atoms with E-state index >= 15 is 0 Å². The number of carbonyl (C=O) groups is 2. The first-order valence-electron chi connectivity index (χ1n) is 5.00. The van der Waals surface area contributed by atoms with Crippen molar-refractivity contribution in [3.63, 3.8) is 0 Å². The van der Waals surface area contributed by atoms with E-state index in [1.54, 1.807) is 13.8 Å². The van der Waals surface area contributed by atoms with E-state index in [4.69, 9.17) is 5.11 Å². The third-order valence-electron chi connectivity index (χ3n) is 2.04. The van der Waals surface area contributed by atoms with Crippen molar-refractivity contribution in [2.24, 2.45) is 0 Å². The number of pyridine rings is 1. The summed E-state index contributed by atoms with van der Waals surface area (Å²) in [4.78, 5) is 26.0. The van der Waals surface area contributed by atoms with Gasteiger partial charge < -0.3 is 10.4 Å². The van der Waals surface area contributed by atoms with Crippen LogP contribution >= 0.6 is 0 Å². The topological polar surface area (TPSA) is 79.3 Å². The van der Waals surface area contributed by atoms with E-state index in [-0.39, 0.29) is 18.0 Å². The van der Waals surface area contributed by atoms with Crippen molar-refractivity contribution in [3.05, 3.63) is 29.1 Å². The number of amides is 1. The van der Waals surface area contributed by atoms with Gasteiger partial charge in [-0.25, -0.2) is 4.79 Å². The van der Waals surface area contributed by atoms with E-state index in [0.717, 1.165) is 0 Å². The van der Waals surface area contributed by atoms with Crippen LogP contribution in [0.1, 0.15) is 35.1 Å². The molecule has 0 fully saturated rings. The van der Waals surface area contributed by atoms with Gasteiger partial charge in [0.2, 0.25) is 5.91 Å². The van der Waals surface area contributed by atoms with Crippen molar-refractivity contribution >= 4 is 11.9 Å². The molecule has 0 unspecified atom stereocenters. The summed E-state index contributed by atoms with van der Waals surface area (Å²) in [7, 11) is 0. The molecule has 1 amide bonds. The van der Waals surface area contributed by atoms with Gasteiger partial charge in [0.1, 0.15) is 0 Å². The summed E-state index contributed by atoms with van der Waals surface area (Å²) in [6.45, 7) is 3.73. The highest BCUT2D eigenvalue weighted by atomic mass is 16.4. The summed E-state index contributed by atoms with van der Waals surface area (Å²) in [5, 5.41) is 11.5. The van der Waals surface area contributed by atoms with Gasteiger partial charge in [0.15, 0.2) is 0 Å². The minimum absolute atomic E-state index is 0.0832. The van der Waals surface area contributed by atoms with E-state index in [9.17, 15) is 9.59 Å². The first-order chi connectivity index (χ1) is 7.52. The van der Waals surface area contributed by atoms with Crippen LogP contribution in [0.5, 0.6) is 0 Å². The molecule has 2 N–H and O–H groups in total. The number of aryl methyl sites for hydroxylation is 1. The first-order valence-corrected chi connectivity index (χ1v) is 5.00. The van der Waals surface area contributed by atoms with Crippen molar-refractivity contribution in [2.75, 3.05) is 0 Å². The van der Waals surface area contributed by atoms with Gasteiger partial charge in [0.25, 0.3) is 0 Å². The predicted octanol–water partition coefficient (Wildman–Crippen LogP) is 1.11. The molecular weight excluding hydrogens is 208 g/mol. The second-order valence-electron chi connectivity index (χ2n) is 3.42. The molecule has 5 nitrogen and oxygen atoms in total. The summed E-state index contributed by atoms with van der Waals surface area (Å²) in [6, 6.07) is 2.96. The Hall–Kier alpha value is -1.91. The molecule has 86 valence electrons. The van der Waals surface area contributed by atoms with Gasteiger partial charge in [0.05, 0.1) is 17.8 Å². The van der Waals surface area contributed by atoms with Gasteiger partial charge in [-0.1, -0.05) is 6.92 Å². The molecule has 1 aromatic rings. The van der Waals surface area contributed by atoms with Crippen molar-refractivity contribution in [2.45, 2.75) is 26.8 Å². The Bertz CT molecular complexity index is 416. The monoisotopic (exact) mass is 222 g/mol. The zero-order valence-corrected chi connectivity index (χ0v) is 9.28. The Balaban J connectivity index is 2.80. The number of carbonyl (C=O) groups excluding carboxylic acids is 1. The number of aromatic nitrogens is 1. The fourth-order valence-electron chi connectivity index (χ4n) is 1.27. The standard InChI is InChI=1S/C11H14N2O3/c1-3-10(14)12-6-9-5-8(11(15)16)4-7(2)13-9/h4-5H,3,6H2,1-2H3,(H,12,14)(H,15,16). The molecule has 5 heteroatoms. The van der Waals surface area contributed by atoms with Crippen LogP contribution in [0, 0.1) is 6.92 Å². The van der Waals surface area contributed by atoms with Crippen LogP contribution in [-0.2, 0) is 11.3 Å². The number of nitrogens with one attached hydrogen (secondary N) is 1. The highest BCUT2D eigenvalue weighted by Crippen LogP contribution is 2.05. The fourth-order valence-corrected chi connectivity index (χ4v) is 1.27. The van der Waals surface area contributed by atoms with Crippen molar-refractivity contribution < 1.29 is 14.7 Å². The summed E-state index contributed by atoms with van der Waals surface area (Å²) in [5.41, 5.74) is 1.37. The number of aromatic carboxylic acids is 1. The van der Waals surface area contributed by atoms with E-state index in [0.29, 0.717) is 17.8 Å².